The zero-order chi connectivity index (χ0) is 15.8. The van der Waals surface area contributed by atoms with Gasteiger partial charge in [0.15, 0.2) is 0 Å². The Morgan fingerprint density at radius 3 is 2.74 bits per heavy atom. The van der Waals surface area contributed by atoms with Gasteiger partial charge in [0.25, 0.3) is 0 Å². The molecule has 0 radical (unpaired) electrons. The highest BCUT2D eigenvalue weighted by atomic mass is 16.5. The molecule has 0 saturated carbocycles. The summed E-state index contributed by atoms with van der Waals surface area (Å²) >= 11 is 0. The van der Waals surface area contributed by atoms with E-state index in [0.29, 0.717) is 6.04 Å². The number of carbonyl (C=O) groups excluding carboxylic acids is 1. The zero-order valence-corrected chi connectivity index (χ0v) is 13.2. The van der Waals surface area contributed by atoms with E-state index in [-0.39, 0.29) is 23.8 Å². The molecule has 2 aromatic rings. The first-order valence-electron chi connectivity index (χ1n) is 8.24. The number of fused-ring (bicyclic) bond motifs is 2. The van der Waals surface area contributed by atoms with E-state index in [1.807, 2.05) is 12.1 Å². The summed E-state index contributed by atoms with van der Waals surface area (Å²) in [5.74, 6) is 0.912. The van der Waals surface area contributed by atoms with Gasteiger partial charge in [-0.2, -0.15) is 0 Å². The number of benzene rings is 1. The number of methoxy groups -OCH3 is 1. The van der Waals surface area contributed by atoms with Gasteiger partial charge < -0.3 is 14.5 Å². The molecule has 1 N–H and O–H groups in total. The third-order valence-electron chi connectivity index (χ3n) is 5.30. The lowest BCUT2D eigenvalue weighted by molar-refractivity contribution is -0.148. The minimum Gasteiger partial charge on any atom is -0.469 e. The van der Waals surface area contributed by atoms with Crippen molar-refractivity contribution in [3.8, 4) is 11.3 Å². The van der Waals surface area contributed by atoms with Crippen molar-refractivity contribution < 1.29 is 13.9 Å². The van der Waals surface area contributed by atoms with E-state index >= 15 is 0 Å². The lowest BCUT2D eigenvalue weighted by atomic mass is 9.77. The van der Waals surface area contributed by atoms with Crippen molar-refractivity contribution in [3.63, 3.8) is 0 Å². The molecule has 4 nitrogen and oxygen atoms in total. The third-order valence-corrected chi connectivity index (χ3v) is 5.30. The van der Waals surface area contributed by atoms with Crippen LogP contribution >= 0.6 is 0 Å². The normalized spacial score (nSPS) is 29.4. The molecule has 0 unspecified atom stereocenters. The fourth-order valence-corrected chi connectivity index (χ4v) is 4.20. The van der Waals surface area contributed by atoms with Crippen molar-refractivity contribution in [2.24, 2.45) is 5.92 Å². The average Bonchev–Trinajstić information content (AvgIpc) is 3.25. The molecule has 4 heteroatoms. The SMILES string of the molecule is COC(=O)[C@@H]1[C@@H]2CC[C@H](C[C@@H]1c1ccc(-c3ccco3)cc1)N2. The Morgan fingerprint density at radius 1 is 1.22 bits per heavy atom. The smallest absolute Gasteiger partial charge is 0.310 e. The van der Waals surface area contributed by atoms with E-state index in [1.54, 1.807) is 6.26 Å². The van der Waals surface area contributed by atoms with Crippen LogP contribution in [0.25, 0.3) is 11.3 Å². The second-order valence-electron chi connectivity index (χ2n) is 6.54. The first-order chi connectivity index (χ1) is 11.3. The molecule has 3 heterocycles. The van der Waals surface area contributed by atoms with E-state index in [1.165, 1.54) is 12.7 Å². The molecule has 1 aromatic carbocycles. The lowest BCUT2D eigenvalue weighted by Gasteiger charge is -2.36. The fourth-order valence-electron chi connectivity index (χ4n) is 4.20. The van der Waals surface area contributed by atoms with Gasteiger partial charge >= 0.3 is 5.97 Å². The van der Waals surface area contributed by atoms with Crippen LogP contribution in [0.1, 0.15) is 30.7 Å². The van der Waals surface area contributed by atoms with Gasteiger partial charge in [0.2, 0.25) is 0 Å². The summed E-state index contributed by atoms with van der Waals surface area (Å²) in [4.78, 5) is 12.3. The highest BCUT2D eigenvalue weighted by Gasteiger charge is 2.46. The van der Waals surface area contributed by atoms with Gasteiger partial charge in [-0.05, 0) is 37.0 Å². The molecule has 0 spiro atoms. The van der Waals surface area contributed by atoms with Crippen LogP contribution in [0.3, 0.4) is 0 Å². The summed E-state index contributed by atoms with van der Waals surface area (Å²) in [7, 11) is 1.49. The van der Waals surface area contributed by atoms with Crippen LogP contribution < -0.4 is 5.32 Å². The van der Waals surface area contributed by atoms with E-state index in [0.717, 1.165) is 30.6 Å². The number of piperidine rings is 1. The average molecular weight is 311 g/mol. The zero-order valence-electron chi connectivity index (χ0n) is 13.2. The van der Waals surface area contributed by atoms with Crippen molar-refractivity contribution in [1.29, 1.82) is 0 Å². The molecular weight excluding hydrogens is 290 g/mol. The topological polar surface area (TPSA) is 51.5 Å². The Bertz CT molecular complexity index is 677. The monoisotopic (exact) mass is 311 g/mol. The van der Waals surface area contributed by atoms with Gasteiger partial charge in [0.1, 0.15) is 5.76 Å². The second kappa shape index (κ2) is 5.85. The summed E-state index contributed by atoms with van der Waals surface area (Å²) in [6.45, 7) is 0. The third kappa shape index (κ3) is 2.57. The van der Waals surface area contributed by atoms with Crippen LogP contribution in [0.15, 0.2) is 47.1 Å². The molecule has 0 aliphatic carbocycles. The lowest BCUT2D eigenvalue weighted by Crippen LogP contribution is -2.48. The molecular formula is C19H21NO3. The van der Waals surface area contributed by atoms with Crippen LogP contribution in [-0.2, 0) is 9.53 Å². The number of carbonyl (C=O) groups is 1. The van der Waals surface area contributed by atoms with Crippen LogP contribution in [0.4, 0.5) is 0 Å². The van der Waals surface area contributed by atoms with E-state index in [2.05, 4.69) is 29.6 Å². The first kappa shape index (κ1) is 14.5. The fraction of sp³-hybridized carbons (Fsp3) is 0.421. The van der Waals surface area contributed by atoms with Crippen molar-refractivity contribution >= 4 is 5.97 Å². The van der Waals surface area contributed by atoms with E-state index < -0.39 is 0 Å². The van der Waals surface area contributed by atoms with E-state index in [4.69, 9.17) is 9.15 Å². The Hall–Kier alpha value is -2.07. The molecule has 2 saturated heterocycles. The molecule has 2 aliphatic heterocycles. The predicted octanol–water partition coefficient (Wildman–Crippen LogP) is 3.34. The quantitative estimate of drug-likeness (QED) is 0.883. The van der Waals surface area contributed by atoms with Gasteiger partial charge in [0.05, 0.1) is 19.3 Å². The summed E-state index contributed by atoms with van der Waals surface area (Å²) in [5, 5.41) is 3.57. The van der Waals surface area contributed by atoms with Gasteiger partial charge in [-0.3, -0.25) is 4.79 Å². The molecule has 23 heavy (non-hydrogen) atoms. The van der Waals surface area contributed by atoms with Gasteiger partial charge in [-0.25, -0.2) is 0 Å². The van der Waals surface area contributed by atoms with Crippen LogP contribution in [0, 0.1) is 5.92 Å². The van der Waals surface area contributed by atoms with Crippen molar-refractivity contribution in [2.45, 2.75) is 37.3 Å². The van der Waals surface area contributed by atoms with Gasteiger partial charge in [-0.1, -0.05) is 24.3 Å². The van der Waals surface area contributed by atoms with E-state index in [9.17, 15) is 4.79 Å². The summed E-state index contributed by atoms with van der Waals surface area (Å²) < 4.78 is 10.5. The maximum atomic E-state index is 12.3. The van der Waals surface area contributed by atoms with Crippen molar-refractivity contribution in [3.05, 3.63) is 48.2 Å². The number of hydrogen-bond donors (Lipinski definition) is 1. The molecule has 4 atom stereocenters. The van der Waals surface area contributed by atoms with Crippen LogP contribution in [0.5, 0.6) is 0 Å². The predicted molar refractivity (Wildman–Crippen MR) is 87.0 cm³/mol. The maximum absolute atomic E-state index is 12.3. The van der Waals surface area contributed by atoms with Crippen LogP contribution in [0.2, 0.25) is 0 Å². The van der Waals surface area contributed by atoms with Crippen molar-refractivity contribution in [2.75, 3.05) is 7.11 Å². The highest BCUT2D eigenvalue weighted by molar-refractivity contribution is 5.75. The number of nitrogens with one attached hydrogen (secondary N) is 1. The number of ether oxygens (including phenoxy) is 1. The maximum Gasteiger partial charge on any atom is 0.310 e. The number of furan rings is 1. The van der Waals surface area contributed by atoms with Crippen LogP contribution in [-0.4, -0.2) is 25.2 Å². The second-order valence-corrected chi connectivity index (χ2v) is 6.54. The largest absolute Gasteiger partial charge is 0.469 e. The minimum atomic E-state index is -0.0945. The molecule has 2 fully saturated rings. The molecule has 2 bridgehead atoms. The standard InChI is InChI=1S/C19H21NO3/c1-22-19(21)18-15(11-14-8-9-16(18)20-14)12-4-6-13(7-5-12)17-3-2-10-23-17/h2-7,10,14-16,18,20H,8-9,11H2,1H3/t14-,15-,16+,18+/m1/s1. The first-order valence-corrected chi connectivity index (χ1v) is 8.24. The van der Waals surface area contributed by atoms with Gasteiger partial charge in [0, 0.05) is 23.6 Å². The Labute approximate surface area is 135 Å². The Morgan fingerprint density at radius 2 is 2.04 bits per heavy atom. The molecule has 2 aliphatic rings. The molecule has 4 rings (SSSR count). The summed E-state index contributed by atoms with van der Waals surface area (Å²) in [6.07, 6.45) is 4.89. The van der Waals surface area contributed by atoms with Gasteiger partial charge in [-0.15, -0.1) is 0 Å². The number of esters is 1. The number of rotatable bonds is 3. The molecule has 120 valence electrons. The highest BCUT2D eigenvalue weighted by Crippen LogP contribution is 2.42. The summed E-state index contributed by atoms with van der Waals surface area (Å²) in [5.41, 5.74) is 2.28. The Balaban J connectivity index is 1.63. The molecule has 1 aromatic heterocycles. The summed E-state index contributed by atoms with van der Waals surface area (Å²) in [6, 6.07) is 13.0. The minimum absolute atomic E-state index is 0.0896. The molecule has 0 amide bonds. The number of hydrogen-bond acceptors (Lipinski definition) is 4. The van der Waals surface area contributed by atoms with Crippen molar-refractivity contribution in [1.82, 2.24) is 5.32 Å². The Kier molecular flexibility index (Phi) is 3.69.